The number of nitrogens with two attached hydrogens (primary N) is 1. The van der Waals surface area contributed by atoms with Crippen molar-refractivity contribution in [1.29, 1.82) is 0 Å². The third kappa shape index (κ3) is 18.4. The summed E-state index contributed by atoms with van der Waals surface area (Å²) in [6.07, 6.45) is 1.32. The van der Waals surface area contributed by atoms with Gasteiger partial charge in [-0.05, 0) is 102 Å². The smallest absolute Gasteiger partial charge is 0.410 e. The summed E-state index contributed by atoms with van der Waals surface area (Å²) >= 11 is 0. The molecule has 2 fully saturated rings. The minimum Gasteiger partial charge on any atom is -0.445 e. The van der Waals surface area contributed by atoms with Crippen molar-refractivity contribution in [2.45, 2.75) is 124 Å². The number of ether oxygens (including phenoxy) is 4. The van der Waals surface area contributed by atoms with Crippen LogP contribution in [0.2, 0.25) is 0 Å². The Bertz CT molecular complexity index is 2200. The zero-order valence-electron chi connectivity index (χ0n) is 39.3. The van der Waals surface area contributed by atoms with Gasteiger partial charge in [-0.2, -0.15) is 0 Å². The van der Waals surface area contributed by atoms with Crippen LogP contribution in [-0.4, -0.2) is 98.4 Å². The number of nitro groups is 1. The molecule has 17 heteroatoms. The minimum absolute atomic E-state index is 0. The van der Waals surface area contributed by atoms with Crippen molar-refractivity contribution in [2.75, 3.05) is 31.9 Å². The summed E-state index contributed by atoms with van der Waals surface area (Å²) in [5.41, 5.74) is 8.68. The van der Waals surface area contributed by atoms with Crippen LogP contribution in [-0.2, 0) is 62.3 Å². The summed E-state index contributed by atoms with van der Waals surface area (Å²) < 4.78 is 22.3. The van der Waals surface area contributed by atoms with E-state index >= 15 is 0 Å². The van der Waals surface area contributed by atoms with Gasteiger partial charge < -0.3 is 34.5 Å². The number of non-ortho nitro benzene ring substituents is 1. The molecule has 0 saturated carbocycles. The number of benzene rings is 4. The Balaban J connectivity index is 0.000000351. The number of nitrogens with zero attached hydrogens (tertiary/aromatic N) is 5. The summed E-state index contributed by atoms with van der Waals surface area (Å²) in [5.74, 6) is 0. The van der Waals surface area contributed by atoms with Crippen molar-refractivity contribution >= 4 is 35.7 Å². The summed E-state index contributed by atoms with van der Waals surface area (Å²) in [4.78, 5) is 68.6. The molecule has 4 amide bonds. The molecule has 2 saturated heterocycles. The number of carbonyl (C=O) groups is 4. The fraction of sp³-hybridized carbons (Fsp3) is 0.451. The fourth-order valence-electron chi connectivity index (χ4n) is 7.44. The largest absolute Gasteiger partial charge is 0.445 e. The Kier molecular flexibility index (Phi) is 21.6. The second-order valence-electron chi connectivity index (χ2n) is 18.4. The molecule has 0 bridgehead atoms. The molecule has 68 heavy (non-hydrogen) atoms. The number of nitrogen functional groups attached to an aromatic ring is 1. The van der Waals surface area contributed by atoms with E-state index in [2.05, 4.69) is 0 Å². The second-order valence-corrected chi connectivity index (χ2v) is 18.4. The van der Waals surface area contributed by atoms with Crippen LogP contribution in [0, 0.1) is 10.1 Å². The predicted octanol–water partition coefficient (Wildman–Crippen LogP) is 10.6. The molecule has 370 valence electrons. The summed E-state index contributed by atoms with van der Waals surface area (Å²) in [5, 5.41) is 11.0. The molecule has 2 aliphatic heterocycles. The SMILES string of the molecule is C.CC(C)(C)OC(=O)N(Cc1ccc(N)cc1)[C@@H]1CCCN(C(=O)OCc2ccccc2)C1.CC(C)(C)OC(=O)N(Cc1ccc([N+](=O)[O-])cc1)[C@@H]1CCCN(C(=O)OCc2ccccc2)C1.[Fe]. The molecule has 2 aliphatic rings. The van der Waals surface area contributed by atoms with Crippen molar-refractivity contribution in [3.05, 3.63) is 142 Å². The van der Waals surface area contributed by atoms with E-state index in [-0.39, 0.29) is 74.2 Å². The molecule has 4 aromatic rings. The molecule has 0 radical (unpaired) electrons. The van der Waals surface area contributed by atoms with Gasteiger partial charge in [-0.3, -0.25) is 19.9 Å². The number of hydrogen-bond donors (Lipinski definition) is 1. The first-order valence-electron chi connectivity index (χ1n) is 22.3. The van der Waals surface area contributed by atoms with Crippen molar-refractivity contribution in [1.82, 2.24) is 19.6 Å². The van der Waals surface area contributed by atoms with E-state index in [0.717, 1.165) is 35.1 Å². The van der Waals surface area contributed by atoms with Crippen LogP contribution in [0.15, 0.2) is 109 Å². The molecule has 2 heterocycles. The average molecular weight is 981 g/mol. The number of hydrogen-bond acceptors (Lipinski definition) is 11. The third-order valence-electron chi connectivity index (χ3n) is 10.7. The molecule has 0 unspecified atom stereocenters. The molecule has 2 N–H and O–H groups in total. The van der Waals surface area contributed by atoms with Gasteiger partial charge in [0, 0.05) is 74.2 Å². The first kappa shape index (κ1) is 56.0. The Hall–Kier alpha value is -6.32. The van der Waals surface area contributed by atoms with Crippen LogP contribution in [0.4, 0.5) is 30.6 Å². The van der Waals surface area contributed by atoms with Crippen LogP contribution in [0.5, 0.6) is 0 Å². The molecule has 0 spiro atoms. The second kappa shape index (κ2) is 26.3. The van der Waals surface area contributed by atoms with Gasteiger partial charge in [0.15, 0.2) is 0 Å². The third-order valence-corrected chi connectivity index (χ3v) is 10.7. The maximum Gasteiger partial charge on any atom is 0.410 e. The number of likely N-dealkylation sites (tertiary alicyclic amines) is 2. The standard InChI is InChI=1S/C25H31N3O6.C25H33N3O4.CH4.Fe/c1-25(2,3)34-24(30)27(16-19-11-13-21(14-12-19)28(31)32)22-10-7-15-26(17-22)23(29)33-18-20-8-5-4-6-9-20;1-25(2,3)32-24(30)28(16-19-11-13-21(26)14-12-19)22-10-7-15-27(17-22)23(29)31-18-20-8-5-4-6-9-20;;/h4-6,8-9,11-14,22H,7,10,15-18H2,1-3H3;4-6,8-9,11-14,22H,7,10,15-18,26H2,1-3H3;1H4;/t2*22-;;/m11../s1. The van der Waals surface area contributed by atoms with Crippen LogP contribution in [0.1, 0.15) is 96.9 Å². The van der Waals surface area contributed by atoms with E-state index in [1.54, 1.807) is 52.5 Å². The van der Waals surface area contributed by atoms with Gasteiger partial charge in [0.2, 0.25) is 0 Å². The van der Waals surface area contributed by atoms with E-state index in [9.17, 15) is 29.3 Å². The summed E-state index contributed by atoms with van der Waals surface area (Å²) in [7, 11) is 0. The zero-order valence-corrected chi connectivity index (χ0v) is 40.4. The molecular formula is C51H68FeN6O10. The van der Waals surface area contributed by atoms with Crippen molar-refractivity contribution in [2.24, 2.45) is 0 Å². The maximum atomic E-state index is 13.1. The summed E-state index contributed by atoms with van der Waals surface area (Å²) in [6, 6.07) is 32.1. The molecule has 6 rings (SSSR count). The zero-order chi connectivity index (χ0) is 47.9. The fourth-order valence-corrected chi connectivity index (χ4v) is 7.44. The van der Waals surface area contributed by atoms with E-state index < -0.39 is 28.3 Å². The van der Waals surface area contributed by atoms with Crippen molar-refractivity contribution in [3.8, 4) is 0 Å². The number of nitro benzene ring substituents is 1. The quantitative estimate of drug-likeness (QED) is 0.0495. The number of piperidine rings is 2. The Morgan fingerprint density at radius 2 is 0.985 bits per heavy atom. The van der Waals surface area contributed by atoms with E-state index in [1.165, 1.54) is 12.1 Å². The van der Waals surface area contributed by atoms with Gasteiger partial charge in [0.1, 0.15) is 24.4 Å². The number of rotatable bonds is 11. The van der Waals surface area contributed by atoms with Crippen LogP contribution >= 0.6 is 0 Å². The van der Waals surface area contributed by atoms with E-state index in [1.807, 2.05) is 106 Å². The maximum absolute atomic E-state index is 13.1. The molecule has 0 aromatic heterocycles. The van der Waals surface area contributed by atoms with Crippen molar-refractivity contribution < 1.29 is 60.1 Å². The number of carbonyl (C=O) groups excluding carboxylic acids is 4. The van der Waals surface area contributed by atoms with E-state index in [0.29, 0.717) is 51.3 Å². The van der Waals surface area contributed by atoms with Gasteiger partial charge in [0.05, 0.1) is 17.0 Å². The van der Waals surface area contributed by atoms with Crippen LogP contribution < -0.4 is 5.73 Å². The predicted molar refractivity (Wildman–Crippen MR) is 257 cm³/mol. The Morgan fingerprint density at radius 1 is 0.618 bits per heavy atom. The van der Waals surface area contributed by atoms with E-state index in [4.69, 9.17) is 24.7 Å². The Morgan fingerprint density at radius 3 is 1.34 bits per heavy atom. The topological polar surface area (TPSA) is 187 Å². The molecule has 0 aliphatic carbocycles. The van der Waals surface area contributed by atoms with Gasteiger partial charge in [0.25, 0.3) is 5.69 Å². The summed E-state index contributed by atoms with van der Waals surface area (Å²) in [6.45, 7) is 13.8. The van der Waals surface area contributed by atoms with Crippen molar-refractivity contribution in [3.63, 3.8) is 0 Å². The monoisotopic (exact) mass is 980 g/mol. The van der Waals surface area contributed by atoms with Gasteiger partial charge >= 0.3 is 24.4 Å². The van der Waals surface area contributed by atoms with Gasteiger partial charge in [-0.1, -0.05) is 92.4 Å². The number of amides is 4. The average Bonchev–Trinajstić information content (AvgIpc) is 3.29. The van der Waals surface area contributed by atoms with Gasteiger partial charge in [-0.25, -0.2) is 19.2 Å². The number of anilines is 1. The van der Waals surface area contributed by atoms with Gasteiger partial charge in [-0.15, -0.1) is 0 Å². The van der Waals surface area contributed by atoms with Crippen LogP contribution in [0.3, 0.4) is 0 Å². The molecule has 16 nitrogen and oxygen atoms in total. The molecule has 2 atom stereocenters. The Labute approximate surface area is 411 Å². The first-order chi connectivity index (χ1) is 31.3. The molecule has 4 aromatic carbocycles. The van der Waals surface area contributed by atoms with Crippen LogP contribution in [0.25, 0.3) is 0 Å². The molecular weight excluding hydrogens is 912 g/mol. The normalized spacial score (nSPS) is 15.7. The first-order valence-corrected chi connectivity index (χ1v) is 22.3. The minimum atomic E-state index is -0.687.